The van der Waals surface area contributed by atoms with E-state index >= 15 is 0 Å². The zero-order valence-electron chi connectivity index (χ0n) is 16.6. The van der Waals surface area contributed by atoms with E-state index in [1.165, 1.54) is 19.4 Å². The molecule has 2 heterocycles. The highest BCUT2D eigenvalue weighted by Gasteiger charge is 2.17. The zero-order valence-corrected chi connectivity index (χ0v) is 17.4. The molecule has 0 fully saturated rings. The largest absolute Gasteiger partial charge is 0.495 e. The number of nitrogens with one attached hydrogen (secondary N) is 2. The van der Waals surface area contributed by atoms with E-state index in [1.54, 1.807) is 12.1 Å². The van der Waals surface area contributed by atoms with Crippen LogP contribution in [0.4, 0.5) is 10.8 Å². The number of fused-ring (bicyclic) bond motifs is 3. The Labute approximate surface area is 180 Å². The van der Waals surface area contributed by atoms with Gasteiger partial charge in [-0.25, -0.2) is 9.78 Å². The van der Waals surface area contributed by atoms with Crippen molar-refractivity contribution in [1.82, 2.24) is 4.98 Å². The number of furan rings is 1. The first-order valence-electron chi connectivity index (χ1n) is 9.14. The number of anilines is 2. The van der Waals surface area contributed by atoms with Crippen LogP contribution in [0.15, 0.2) is 46.2 Å². The fourth-order valence-electron chi connectivity index (χ4n) is 2.98. The molecule has 0 atom stereocenters. The third kappa shape index (κ3) is 4.33. The second-order valence-corrected chi connectivity index (χ2v) is 7.35. The molecule has 10 heteroatoms. The third-order valence-electron chi connectivity index (χ3n) is 4.30. The summed E-state index contributed by atoms with van der Waals surface area (Å²) < 4.78 is 16.2. The molecule has 31 heavy (non-hydrogen) atoms. The number of carbonyl (C=O) groups is 3. The Morgan fingerprint density at radius 3 is 2.68 bits per heavy atom. The average Bonchev–Trinajstić information content (AvgIpc) is 3.35. The first-order chi connectivity index (χ1) is 14.9. The second kappa shape index (κ2) is 8.44. The van der Waals surface area contributed by atoms with Crippen molar-refractivity contribution in [3.05, 3.63) is 47.5 Å². The molecule has 0 radical (unpaired) electrons. The molecule has 2 aromatic carbocycles. The van der Waals surface area contributed by atoms with Gasteiger partial charge in [0.25, 0.3) is 5.91 Å². The lowest BCUT2D eigenvalue weighted by molar-refractivity contribution is -0.119. The highest BCUT2D eigenvalue weighted by Crippen LogP contribution is 2.36. The number of amides is 2. The maximum atomic E-state index is 12.3. The van der Waals surface area contributed by atoms with E-state index in [2.05, 4.69) is 15.6 Å². The fraction of sp³-hybridized carbons (Fsp3) is 0.143. The average molecular weight is 439 g/mol. The molecule has 4 rings (SSSR count). The monoisotopic (exact) mass is 439 g/mol. The predicted molar refractivity (Wildman–Crippen MR) is 116 cm³/mol. The van der Waals surface area contributed by atoms with E-state index in [-0.39, 0.29) is 16.7 Å². The number of carbonyl (C=O) groups excluding carboxylic acids is 3. The van der Waals surface area contributed by atoms with Crippen molar-refractivity contribution in [2.75, 3.05) is 24.4 Å². The number of hydrogen-bond acceptors (Lipinski definition) is 8. The molecular formula is C21H17N3O6S. The van der Waals surface area contributed by atoms with Crippen LogP contribution < -0.4 is 15.4 Å². The summed E-state index contributed by atoms with van der Waals surface area (Å²) in [5.74, 6) is -1.19. The minimum absolute atomic E-state index is 0.00262. The molecule has 158 valence electrons. The molecular weight excluding hydrogens is 422 g/mol. The van der Waals surface area contributed by atoms with E-state index < -0.39 is 18.5 Å². The third-order valence-corrected chi connectivity index (χ3v) is 5.06. The van der Waals surface area contributed by atoms with Gasteiger partial charge in [-0.3, -0.25) is 9.59 Å². The van der Waals surface area contributed by atoms with Gasteiger partial charge in [0.2, 0.25) is 5.91 Å². The van der Waals surface area contributed by atoms with Crippen LogP contribution in [-0.2, 0) is 14.3 Å². The molecule has 0 bridgehead atoms. The first kappa shape index (κ1) is 20.4. The van der Waals surface area contributed by atoms with Crippen molar-refractivity contribution in [3.63, 3.8) is 0 Å². The number of ether oxygens (including phenoxy) is 2. The molecule has 2 amide bonds. The highest BCUT2D eigenvalue weighted by molar-refractivity contribution is 7.14. The Balaban J connectivity index is 1.45. The smallest absolute Gasteiger partial charge is 0.358 e. The molecule has 0 aliphatic heterocycles. The van der Waals surface area contributed by atoms with Gasteiger partial charge in [0.05, 0.1) is 12.8 Å². The number of aromatic nitrogens is 1. The fourth-order valence-corrected chi connectivity index (χ4v) is 3.71. The van der Waals surface area contributed by atoms with E-state index in [4.69, 9.17) is 13.9 Å². The zero-order chi connectivity index (χ0) is 22.0. The molecule has 2 N–H and O–H groups in total. The standard InChI is InChI=1S/C21H17N3O6S/c1-11(25)22-21-24-15(10-31-21)20(27)29-9-19(26)23-14-8-17-13(7-18(14)28-2)12-5-3-4-6-16(12)30-17/h3-8,10H,9H2,1-2H3,(H,23,26)(H,22,24,25). The quantitative estimate of drug-likeness (QED) is 0.438. The van der Waals surface area contributed by atoms with Crippen molar-refractivity contribution in [1.29, 1.82) is 0 Å². The number of thiazole rings is 1. The number of benzene rings is 2. The van der Waals surface area contributed by atoms with Crippen LogP contribution in [0.1, 0.15) is 17.4 Å². The lowest BCUT2D eigenvalue weighted by Crippen LogP contribution is -2.21. The summed E-state index contributed by atoms with van der Waals surface area (Å²) in [6.07, 6.45) is 0. The molecule has 0 spiro atoms. The molecule has 0 saturated heterocycles. The predicted octanol–water partition coefficient (Wildman–Crippen LogP) is 3.81. The number of rotatable bonds is 6. The van der Waals surface area contributed by atoms with Crippen molar-refractivity contribution in [2.45, 2.75) is 6.92 Å². The van der Waals surface area contributed by atoms with Crippen LogP contribution in [0, 0.1) is 0 Å². The normalized spacial score (nSPS) is 10.8. The summed E-state index contributed by atoms with van der Waals surface area (Å²) in [6.45, 7) is 0.813. The van der Waals surface area contributed by atoms with Gasteiger partial charge >= 0.3 is 5.97 Å². The van der Waals surface area contributed by atoms with Crippen LogP contribution in [0.2, 0.25) is 0 Å². The molecule has 0 saturated carbocycles. The summed E-state index contributed by atoms with van der Waals surface area (Å²) in [4.78, 5) is 39.4. The van der Waals surface area contributed by atoms with Gasteiger partial charge in [0.1, 0.15) is 16.9 Å². The highest BCUT2D eigenvalue weighted by atomic mass is 32.1. The topological polar surface area (TPSA) is 120 Å². The number of esters is 1. The minimum Gasteiger partial charge on any atom is -0.495 e. The van der Waals surface area contributed by atoms with Gasteiger partial charge in [-0.05, 0) is 12.1 Å². The Bertz CT molecular complexity index is 1310. The summed E-state index contributed by atoms with van der Waals surface area (Å²) in [6, 6.07) is 11.0. The molecule has 0 aliphatic rings. The Morgan fingerprint density at radius 1 is 1.10 bits per heavy atom. The van der Waals surface area contributed by atoms with E-state index in [0.29, 0.717) is 17.0 Å². The van der Waals surface area contributed by atoms with Crippen molar-refractivity contribution in [3.8, 4) is 5.75 Å². The number of para-hydroxylation sites is 1. The van der Waals surface area contributed by atoms with Gasteiger partial charge in [-0.15, -0.1) is 11.3 Å². The van der Waals surface area contributed by atoms with Gasteiger partial charge in [0, 0.05) is 29.1 Å². The van der Waals surface area contributed by atoms with Gasteiger partial charge in [-0.1, -0.05) is 18.2 Å². The SMILES string of the molecule is COc1cc2c(cc1NC(=O)COC(=O)c1csc(NC(C)=O)n1)oc1ccccc12. The van der Waals surface area contributed by atoms with Crippen LogP contribution >= 0.6 is 11.3 Å². The number of nitrogens with zero attached hydrogens (tertiary/aromatic N) is 1. The van der Waals surface area contributed by atoms with Crippen LogP contribution in [-0.4, -0.2) is 36.5 Å². The second-order valence-electron chi connectivity index (χ2n) is 6.49. The maximum Gasteiger partial charge on any atom is 0.358 e. The summed E-state index contributed by atoms with van der Waals surface area (Å²) in [7, 11) is 1.49. The summed E-state index contributed by atoms with van der Waals surface area (Å²) in [5.41, 5.74) is 1.70. The summed E-state index contributed by atoms with van der Waals surface area (Å²) >= 11 is 1.08. The van der Waals surface area contributed by atoms with E-state index in [0.717, 1.165) is 27.7 Å². The van der Waals surface area contributed by atoms with Gasteiger partial charge in [-0.2, -0.15) is 0 Å². The van der Waals surface area contributed by atoms with E-state index in [9.17, 15) is 14.4 Å². The lowest BCUT2D eigenvalue weighted by atomic mass is 10.1. The molecule has 4 aromatic rings. The number of methoxy groups -OCH3 is 1. The summed E-state index contributed by atoms with van der Waals surface area (Å²) in [5, 5.41) is 8.63. The molecule has 0 aliphatic carbocycles. The van der Waals surface area contributed by atoms with Crippen LogP contribution in [0.3, 0.4) is 0 Å². The van der Waals surface area contributed by atoms with Crippen LogP contribution in [0.5, 0.6) is 5.75 Å². The van der Waals surface area contributed by atoms with Gasteiger partial charge in [0.15, 0.2) is 17.4 Å². The lowest BCUT2D eigenvalue weighted by Gasteiger charge is -2.10. The van der Waals surface area contributed by atoms with Crippen LogP contribution in [0.25, 0.3) is 21.9 Å². The Kier molecular flexibility index (Phi) is 5.54. The van der Waals surface area contributed by atoms with Crippen molar-refractivity contribution < 1.29 is 28.3 Å². The molecule has 0 unspecified atom stereocenters. The van der Waals surface area contributed by atoms with E-state index in [1.807, 2.05) is 24.3 Å². The van der Waals surface area contributed by atoms with Gasteiger partial charge < -0.3 is 24.5 Å². The molecule has 9 nitrogen and oxygen atoms in total. The molecule has 2 aromatic heterocycles. The maximum absolute atomic E-state index is 12.3. The van der Waals surface area contributed by atoms with Crippen molar-refractivity contribution in [2.24, 2.45) is 0 Å². The first-order valence-corrected chi connectivity index (χ1v) is 10.0. The Morgan fingerprint density at radius 2 is 1.90 bits per heavy atom. The minimum atomic E-state index is -0.775. The van der Waals surface area contributed by atoms with Crippen molar-refractivity contribution >= 4 is 61.9 Å². The number of hydrogen-bond donors (Lipinski definition) is 2. The Hall–Kier alpha value is -3.92.